The van der Waals surface area contributed by atoms with E-state index in [1.165, 1.54) is 12.1 Å². The first-order chi connectivity index (χ1) is 15.0. The van der Waals surface area contributed by atoms with Crippen molar-refractivity contribution in [3.05, 3.63) is 82.7 Å². The van der Waals surface area contributed by atoms with E-state index in [2.05, 4.69) is 0 Å². The summed E-state index contributed by atoms with van der Waals surface area (Å²) in [4.78, 5) is 0. The lowest BCUT2D eigenvalue weighted by Crippen LogP contribution is -2.12. The molecular weight excluding hydrogens is 399 g/mol. The summed E-state index contributed by atoms with van der Waals surface area (Å²) >= 11 is 0. The molecule has 0 heterocycles. The highest BCUT2D eigenvalue weighted by Crippen LogP contribution is 2.57. The van der Waals surface area contributed by atoms with Gasteiger partial charge in [-0.15, -0.1) is 0 Å². The van der Waals surface area contributed by atoms with E-state index in [0.717, 1.165) is 22.3 Å². The third kappa shape index (κ3) is 3.68. The van der Waals surface area contributed by atoms with Crippen molar-refractivity contribution in [1.82, 2.24) is 0 Å². The van der Waals surface area contributed by atoms with Crippen LogP contribution < -0.4 is 18.9 Å². The number of ether oxygens (including phenoxy) is 4. The second-order valence-electron chi connectivity index (χ2n) is 7.48. The molecule has 0 saturated carbocycles. The van der Waals surface area contributed by atoms with Crippen LogP contribution in [0.15, 0.2) is 54.6 Å². The molecule has 31 heavy (non-hydrogen) atoms. The molecule has 0 bridgehead atoms. The van der Waals surface area contributed by atoms with Crippen molar-refractivity contribution in [3.63, 3.8) is 0 Å². The minimum Gasteiger partial charge on any atom is -0.497 e. The molecular formula is C25H25FO5. The maximum Gasteiger partial charge on any atom is 0.126 e. The lowest BCUT2D eigenvalue weighted by molar-refractivity contribution is 0.152. The fourth-order valence-corrected chi connectivity index (χ4v) is 4.48. The van der Waals surface area contributed by atoms with Gasteiger partial charge in [-0.05, 0) is 47.0 Å². The number of aliphatic hydroxyl groups excluding tert-OH is 1. The highest BCUT2D eigenvalue weighted by atomic mass is 19.1. The van der Waals surface area contributed by atoms with Crippen LogP contribution in [0.1, 0.15) is 40.2 Å². The lowest BCUT2D eigenvalue weighted by Gasteiger charge is -2.25. The fraction of sp³-hybridized carbons (Fsp3) is 0.280. The predicted molar refractivity (Wildman–Crippen MR) is 115 cm³/mol. The van der Waals surface area contributed by atoms with Crippen LogP contribution in [0.4, 0.5) is 4.39 Å². The maximum absolute atomic E-state index is 13.7. The molecule has 0 aliphatic heterocycles. The van der Waals surface area contributed by atoms with Crippen LogP contribution in [-0.4, -0.2) is 33.5 Å². The smallest absolute Gasteiger partial charge is 0.126 e. The van der Waals surface area contributed by atoms with Gasteiger partial charge in [0, 0.05) is 29.5 Å². The Hall–Kier alpha value is -3.25. The van der Waals surface area contributed by atoms with Gasteiger partial charge in [-0.2, -0.15) is 0 Å². The van der Waals surface area contributed by atoms with Crippen LogP contribution in [0.2, 0.25) is 0 Å². The summed E-state index contributed by atoms with van der Waals surface area (Å²) in [6.45, 7) is 0. The fourth-order valence-electron chi connectivity index (χ4n) is 4.48. The minimum atomic E-state index is -0.842. The second-order valence-corrected chi connectivity index (χ2v) is 7.48. The summed E-state index contributed by atoms with van der Waals surface area (Å²) in [6, 6.07) is 15.6. The first kappa shape index (κ1) is 21.0. The van der Waals surface area contributed by atoms with E-state index in [1.54, 1.807) is 52.7 Å². The minimum absolute atomic E-state index is 0.275. The van der Waals surface area contributed by atoms with E-state index in [-0.39, 0.29) is 17.7 Å². The number of aliphatic hydroxyl groups is 1. The Morgan fingerprint density at radius 3 is 1.84 bits per heavy atom. The van der Waals surface area contributed by atoms with Crippen LogP contribution in [0.25, 0.3) is 0 Å². The zero-order valence-electron chi connectivity index (χ0n) is 17.9. The molecule has 5 nitrogen and oxygen atoms in total. The molecule has 6 heteroatoms. The van der Waals surface area contributed by atoms with Gasteiger partial charge in [0.2, 0.25) is 0 Å². The molecule has 0 radical (unpaired) electrons. The van der Waals surface area contributed by atoms with Gasteiger partial charge in [0.15, 0.2) is 0 Å². The third-order valence-corrected chi connectivity index (χ3v) is 5.92. The average Bonchev–Trinajstić information content (AvgIpc) is 3.10. The first-order valence-electron chi connectivity index (χ1n) is 9.93. The molecule has 162 valence electrons. The second kappa shape index (κ2) is 8.47. The van der Waals surface area contributed by atoms with Crippen molar-refractivity contribution >= 4 is 0 Å². The van der Waals surface area contributed by atoms with Gasteiger partial charge in [0.05, 0.1) is 34.5 Å². The lowest BCUT2D eigenvalue weighted by atomic mass is 9.80. The van der Waals surface area contributed by atoms with Crippen molar-refractivity contribution in [1.29, 1.82) is 0 Å². The molecule has 0 fully saturated rings. The molecule has 3 aromatic carbocycles. The summed E-state index contributed by atoms with van der Waals surface area (Å²) in [5.41, 5.74) is 3.29. The van der Waals surface area contributed by atoms with Crippen LogP contribution >= 0.6 is 0 Å². The Kier molecular flexibility index (Phi) is 5.74. The summed E-state index contributed by atoms with van der Waals surface area (Å²) < 4.78 is 35.7. The van der Waals surface area contributed by atoms with Crippen molar-refractivity contribution in [3.8, 4) is 23.0 Å². The number of rotatable bonds is 6. The third-order valence-electron chi connectivity index (χ3n) is 5.92. The van der Waals surface area contributed by atoms with E-state index in [0.29, 0.717) is 23.0 Å². The van der Waals surface area contributed by atoms with Gasteiger partial charge < -0.3 is 24.1 Å². The molecule has 0 saturated heterocycles. The van der Waals surface area contributed by atoms with Crippen LogP contribution in [-0.2, 0) is 0 Å². The van der Waals surface area contributed by atoms with Gasteiger partial charge in [0.1, 0.15) is 28.8 Å². The number of methoxy groups -OCH3 is 4. The van der Waals surface area contributed by atoms with E-state index in [1.807, 2.05) is 18.2 Å². The summed E-state index contributed by atoms with van der Waals surface area (Å²) in [7, 11) is 6.34. The van der Waals surface area contributed by atoms with Crippen molar-refractivity contribution in [2.24, 2.45) is 0 Å². The van der Waals surface area contributed by atoms with Crippen molar-refractivity contribution in [2.45, 2.75) is 17.9 Å². The van der Waals surface area contributed by atoms with Crippen molar-refractivity contribution < 1.29 is 28.4 Å². The standard InChI is InChI=1S/C25H25FO5/c1-28-17-9-15(10-18(11-17)29-2)23-22(14-5-7-16(26)8-6-14)24-20(25(23)27)12-19(30-3)13-21(24)31-4/h5-13,22-23,25,27H,1-4H3/t22-,23-,25?/m0/s1. The Morgan fingerprint density at radius 2 is 1.29 bits per heavy atom. The number of hydrogen-bond donors (Lipinski definition) is 1. The van der Waals surface area contributed by atoms with E-state index in [9.17, 15) is 9.50 Å². The molecule has 0 spiro atoms. The van der Waals surface area contributed by atoms with Crippen molar-refractivity contribution in [2.75, 3.05) is 28.4 Å². The summed E-state index contributed by atoms with van der Waals surface area (Å²) in [5.74, 6) is 1.49. The Balaban J connectivity index is 1.96. The number of benzene rings is 3. The topological polar surface area (TPSA) is 57.2 Å². The highest BCUT2D eigenvalue weighted by Gasteiger charge is 2.44. The molecule has 0 amide bonds. The summed E-state index contributed by atoms with van der Waals surface area (Å²) in [6.07, 6.45) is -0.842. The van der Waals surface area contributed by atoms with Gasteiger partial charge in [-0.25, -0.2) is 4.39 Å². The molecule has 1 unspecified atom stereocenters. The quantitative estimate of drug-likeness (QED) is 0.615. The number of fused-ring (bicyclic) bond motifs is 1. The number of halogens is 1. The normalized spacial score (nSPS) is 19.6. The Morgan fingerprint density at radius 1 is 0.710 bits per heavy atom. The predicted octanol–water partition coefficient (Wildman–Crippen LogP) is 4.82. The molecule has 1 aliphatic rings. The van der Waals surface area contributed by atoms with Crippen LogP contribution in [0, 0.1) is 5.82 Å². The Labute approximate surface area is 181 Å². The van der Waals surface area contributed by atoms with E-state index >= 15 is 0 Å². The molecule has 3 atom stereocenters. The SMILES string of the molecule is COc1cc(OC)cc([C@@H]2C(O)c3cc(OC)cc(OC)c3[C@H]2c2ccc(F)cc2)c1. The molecule has 1 aliphatic carbocycles. The van der Waals surface area contributed by atoms with Gasteiger partial charge >= 0.3 is 0 Å². The maximum atomic E-state index is 13.7. The van der Waals surface area contributed by atoms with Gasteiger partial charge in [-0.3, -0.25) is 0 Å². The van der Waals surface area contributed by atoms with E-state index in [4.69, 9.17) is 18.9 Å². The zero-order valence-corrected chi connectivity index (χ0v) is 17.9. The van der Waals surface area contributed by atoms with Gasteiger partial charge in [-0.1, -0.05) is 12.1 Å². The molecule has 4 rings (SSSR count). The monoisotopic (exact) mass is 424 g/mol. The average molecular weight is 424 g/mol. The zero-order chi connectivity index (χ0) is 22.1. The molecule has 3 aromatic rings. The van der Waals surface area contributed by atoms with E-state index < -0.39 is 6.10 Å². The highest BCUT2D eigenvalue weighted by molar-refractivity contribution is 5.59. The van der Waals surface area contributed by atoms with Crippen LogP contribution in [0.3, 0.4) is 0 Å². The first-order valence-corrected chi connectivity index (χ1v) is 9.93. The van der Waals surface area contributed by atoms with Crippen LogP contribution in [0.5, 0.6) is 23.0 Å². The largest absolute Gasteiger partial charge is 0.497 e. The van der Waals surface area contributed by atoms with Gasteiger partial charge in [0.25, 0.3) is 0 Å². The summed E-state index contributed by atoms with van der Waals surface area (Å²) in [5, 5.41) is 11.5. The molecule has 1 N–H and O–H groups in total. The number of hydrogen-bond acceptors (Lipinski definition) is 5. The molecule has 0 aromatic heterocycles. The Bertz CT molecular complexity index is 1060.